The maximum Gasteiger partial charge on any atom is 0.138 e. The summed E-state index contributed by atoms with van der Waals surface area (Å²) in [5.74, 6) is 1.48. The van der Waals surface area contributed by atoms with E-state index in [-0.39, 0.29) is 0 Å². The number of alkyl halides is 1. The molecule has 0 aliphatic carbocycles. The van der Waals surface area contributed by atoms with Crippen molar-refractivity contribution in [2.75, 3.05) is 5.88 Å². The first-order valence-electron chi connectivity index (χ1n) is 3.37. The van der Waals surface area contributed by atoms with Crippen LogP contribution in [0, 0.1) is 0 Å². The Kier molecular flexibility index (Phi) is 2.75. The van der Waals surface area contributed by atoms with E-state index in [1.165, 1.54) is 0 Å². The Hall–Kier alpha value is -0.500. The predicted octanol–water partition coefficient (Wildman–Crippen LogP) is 2.02. The summed E-state index contributed by atoms with van der Waals surface area (Å²) in [7, 11) is 0. The van der Waals surface area contributed by atoms with Crippen LogP contribution in [-0.4, -0.2) is 11.0 Å². The van der Waals surface area contributed by atoms with E-state index in [0.717, 1.165) is 24.3 Å². The highest BCUT2D eigenvalue weighted by molar-refractivity contribution is 6.17. The Morgan fingerprint density at radius 1 is 1.70 bits per heavy atom. The van der Waals surface area contributed by atoms with Gasteiger partial charge in [0.1, 0.15) is 5.76 Å². The molecule has 0 radical (unpaired) electrons. The summed E-state index contributed by atoms with van der Waals surface area (Å²) < 4.78 is 4.96. The van der Waals surface area contributed by atoms with Crippen LogP contribution in [0.2, 0.25) is 0 Å². The van der Waals surface area contributed by atoms with Crippen molar-refractivity contribution in [3.63, 3.8) is 0 Å². The van der Waals surface area contributed by atoms with Crippen LogP contribution in [-0.2, 0) is 12.8 Å². The number of halogens is 1. The molecule has 3 heteroatoms. The van der Waals surface area contributed by atoms with Crippen molar-refractivity contribution in [3.8, 4) is 0 Å². The van der Waals surface area contributed by atoms with Crippen LogP contribution >= 0.6 is 11.6 Å². The fourth-order valence-corrected chi connectivity index (χ4v) is 0.920. The van der Waals surface area contributed by atoms with Crippen molar-refractivity contribution in [2.24, 2.45) is 0 Å². The van der Waals surface area contributed by atoms with Crippen molar-refractivity contribution in [2.45, 2.75) is 19.8 Å². The Morgan fingerprint density at radius 2 is 2.50 bits per heavy atom. The molecule has 2 nitrogen and oxygen atoms in total. The minimum Gasteiger partial charge on any atom is -0.361 e. The number of aromatic nitrogens is 1. The molecule has 0 bridgehead atoms. The SMILES string of the molecule is CCc1cc(CCCl)on1. The summed E-state index contributed by atoms with van der Waals surface area (Å²) in [6.45, 7) is 2.04. The molecule has 0 saturated heterocycles. The van der Waals surface area contributed by atoms with Gasteiger partial charge in [0, 0.05) is 18.4 Å². The molecule has 1 heterocycles. The molecule has 0 spiro atoms. The number of hydrogen-bond acceptors (Lipinski definition) is 2. The van der Waals surface area contributed by atoms with Crippen LogP contribution in [0.5, 0.6) is 0 Å². The van der Waals surface area contributed by atoms with Crippen LogP contribution in [0.4, 0.5) is 0 Å². The molecule has 0 aliphatic heterocycles. The molecule has 56 valence electrons. The van der Waals surface area contributed by atoms with Crippen LogP contribution in [0.3, 0.4) is 0 Å². The Labute approximate surface area is 65.2 Å². The third-order valence-corrected chi connectivity index (χ3v) is 1.50. The van der Waals surface area contributed by atoms with E-state index in [1.54, 1.807) is 0 Å². The van der Waals surface area contributed by atoms with Crippen molar-refractivity contribution in [3.05, 3.63) is 17.5 Å². The second kappa shape index (κ2) is 3.62. The first-order valence-corrected chi connectivity index (χ1v) is 3.90. The van der Waals surface area contributed by atoms with Gasteiger partial charge in [-0.2, -0.15) is 0 Å². The molecular weight excluding hydrogens is 150 g/mol. The molecule has 0 atom stereocenters. The molecule has 0 fully saturated rings. The molecular formula is C7H10ClNO. The molecule has 0 unspecified atom stereocenters. The summed E-state index contributed by atoms with van der Waals surface area (Å²) in [6.07, 6.45) is 1.69. The quantitative estimate of drug-likeness (QED) is 0.631. The fourth-order valence-electron chi connectivity index (χ4n) is 0.733. The minimum absolute atomic E-state index is 0.596. The molecule has 0 amide bonds. The lowest BCUT2D eigenvalue weighted by atomic mass is 10.3. The summed E-state index contributed by atoms with van der Waals surface area (Å²) in [6, 6.07) is 1.95. The zero-order chi connectivity index (χ0) is 7.40. The zero-order valence-corrected chi connectivity index (χ0v) is 6.69. The number of hydrogen-bond donors (Lipinski definition) is 0. The largest absolute Gasteiger partial charge is 0.361 e. The third-order valence-electron chi connectivity index (χ3n) is 1.31. The van der Waals surface area contributed by atoms with Crippen LogP contribution < -0.4 is 0 Å². The Morgan fingerprint density at radius 3 is 3.00 bits per heavy atom. The van der Waals surface area contributed by atoms with E-state index in [2.05, 4.69) is 5.16 Å². The highest BCUT2D eigenvalue weighted by Crippen LogP contribution is 2.04. The predicted molar refractivity (Wildman–Crippen MR) is 40.3 cm³/mol. The van der Waals surface area contributed by atoms with E-state index in [9.17, 15) is 0 Å². The standard InChI is InChI=1S/C7H10ClNO/c1-2-6-5-7(3-4-8)10-9-6/h5H,2-4H2,1H3. The van der Waals surface area contributed by atoms with Crippen LogP contribution in [0.15, 0.2) is 10.6 Å². The van der Waals surface area contributed by atoms with E-state index >= 15 is 0 Å². The summed E-state index contributed by atoms with van der Waals surface area (Å²) in [5, 5.41) is 3.82. The lowest BCUT2D eigenvalue weighted by molar-refractivity contribution is 0.381. The van der Waals surface area contributed by atoms with Gasteiger partial charge in [0.2, 0.25) is 0 Å². The molecule has 1 rings (SSSR count). The number of nitrogens with zero attached hydrogens (tertiary/aromatic N) is 1. The van der Waals surface area contributed by atoms with Gasteiger partial charge in [-0.15, -0.1) is 11.6 Å². The van der Waals surface area contributed by atoms with Gasteiger partial charge in [0.25, 0.3) is 0 Å². The summed E-state index contributed by atoms with van der Waals surface area (Å²) >= 11 is 5.50. The second-order valence-corrected chi connectivity index (χ2v) is 2.46. The van der Waals surface area contributed by atoms with Crippen molar-refractivity contribution in [1.29, 1.82) is 0 Å². The van der Waals surface area contributed by atoms with Gasteiger partial charge >= 0.3 is 0 Å². The van der Waals surface area contributed by atoms with E-state index in [4.69, 9.17) is 16.1 Å². The monoisotopic (exact) mass is 159 g/mol. The maximum absolute atomic E-state index is 5.50. The van der Waals surface area contributed by atoms with Crippen LogP contribution in [0.1, 0.15) is 18.4 Å². The van der Waals surface area contributed by atoms with Crippen molar-refractivity contribution < 1.29 is 4.52 Å². The first kappa shape index (κ1) is 7.61. The fraction of sp³-hybridized carbons (Fsp3) is 0.571. The Bertz CT molecular complexity index is 197. The average Bonchev–Trinajstić information content (AvgIpc) is 2.37. The molecule has 0 saturated carbocycles. The lowest BCUT2D eigenvalue weighted by Crippen LogP contribution is -1.80. The number of aryl methyl sites for hydroxylation is 2. The van der Waals surface area contributed by atoms with Gasteiger partial charge in [0.05, 0.1) is 5.69 Å². The van der Waals surface area contributed by atoms with E-state index in [1.807, 2.05) is 13.0 Å². The number of rotatable bonds is 3. The highest BCUT2D eigenvalue weighted by Gasteiger charge is 1.99. The first-order chi connectivity index (χ1) is 4.86. The smallest absolute Gasteiger partial charge is 0.138 e. The lowest BCUT2D eigenvalue weighted by Gasteiger charge is -1.82. The van der Waals surface area contributed by atoms with Gasteiger partial charge < -0.3 is 4.52 Å². The molecule has 0 aromatic carbocycles. The summed E-state index contributed by atoms with van der Waals surface area (Å²) in [5.41, 5.74) is 1.00. The van der Waals surface area contributed by atoms with Gasteiger partial charge in [-0.3, -0.25) is 0 Å². The maximum atomic E-state index is 5.50. The highest BCUT2D eigenvalue weighted by atomic mass is 35.5. The normalized spacial score (nSPS) is 10.2. The third kappa shape index (κ3) is 1.74. The summed E-state index contributed by atoms with van der Waals surface area (Å²) in [4.78, 5) is 0. The molecule has 1 aromatic rings. The topological polar surface area (TPSA) is 26.0 Å². The molecule has 10 heavy (non-hydrogen) atoms. The second-order valence-electron chi connectivity index (χ2n) is 2.08. The van der Waals surface area contributed by atoms with Crippen LogP contribution in [0.25, 0.3) is 0 Å². The van der Waals surface area contributed by atoms with Gasteiger partial charge in [-0.25, -0.2) is 0 Å². The van der Waals surface area contributed by atoms with Gasteiger partial charge in [-0.1, -0.05) is 12.1 Å². The Balaban J connectivity index is 2.59. The zero-order valence-electron chi connectivity index (χ0n) is 5.93. The minimum atomic E-state index is 0.596. The van der Waals surface area contributed by atoms with Gasteiger partial charge in [0.15, 0.2) is 0 Å². The van der Waals surface area contributed by atoms with E-state index < -0.39 is 0 Å². The van der Waals surface area contributed by atoms with E-state index in [0.29, 0.717) is 5.88 Å². The van der Waals surface area contributed by atoms with Gasteiger partial charge in [-0.05, 0) is 6.42 Å². The molecule has 1 aromatic heterocycles. The molecule has 0 N–H and O–H groups in total. The van der Waals surface area contributed by atoms with Crippen molar-refractivity contribution >= 4 is 11.6 Å². The molecule has 0 aliphatic rings. The van der Waals surface area contributed by atoms with Crippen molar-refractivity contribution in [1.82, 2.24) is 5.16 Å². The average molecular weight is 160 g/mol.